The zero-order chi connectivity index (χ0) is 22.3. The number of benzene rings is 2. The van der Waals surface area contributed by atoms with Crippen LogP contribution >= 0.6 is 15.9 Å². The molecule has 31 heavy (non-hydrogen) atoms. The summed E-state index contributed by atoms with van der Waals surface area (Å²) in [5, 5.41) is 0. The predicted octanol–water partition coefficient (Wildman–Crippen LogP) is 3.50. The van der Waals surface area contributed by atoms with Gasteiger partial charge >= 0.3 is 0 Å². The Balaban J connectivity index is 1.50. The number of sulfone groups is 1. The predicted molar refractivity (Wildman–Crippen MR) is 123 cm³/mol. The lowest BCUT2D eigenvalue weighted by Gasteiger charge is -2.29. The molecule has 164 valence electrons. The molecule has 0 aromatic heterocycles. The van der Waals surface area contributed by atoms with E-state index in [4.69, 9.17) is 0 Å². The third kappa shape index (κ3) is 4.28. The van der Waals surface area contributed by atoms with E-state index in [1.165, 1.54) is 12.5 Å². The lowest BCUT2D eigenvalue weighted by Crippen LogP contribution is -2.36. The highest BCUT2D eigenvalue weighted by Crippen LogP contribution is 2.38. The lowest BCUT2D eigenvalue weighted by molar-refractivity contribution is -0.131. The first kappa shape index (κ1) is 22.0. The van der Waals surface area contributed by atoms with Crippen molar-refractivity contribution in [1.82, 2.24) is 4.90 Å². The number of fused-ring (bicyclic) bond motifs is 2. The van der Waals surface area contributed by atoms with E-state index in [1.807, 2.05) is 25.1 Å². The standard InChI is InChI=1S/C23H25BrN2O4S/c1-15-11-19-12-20(24)22(13-21(19)26(15)16(2)27)31(29,30)10-8-23(28)25-9-7-17-5-3-4-6-18(17)14-25/h3-6,12-13,15H,7-11,14H2,1-2H3/t15-/m1/s1. The minimum Gasteiger partial charge on any atom is -0.338 e. The Kier molecular flexibility index (Phi) is 5.96. The summed E-state index contributed by atoms with van der Waals surface area (Å²) in [5.41, 5.74) is 3.94. The highest BCUT2D eigenvalue weighted by molar-refractivity contribution is 9.10. The van der Waals surface area contributed by atoms with Crippen molar-refractivity contribution in [3.8, 4) is 0 Å². The zero-order valence-corrected chi connectivity index (χ0v) is 20.0. The van der Waals surface area contributed by atoms with Gasteiger partial charge in [-0.15, -0.1) is 0 Å². The van der Waals surface area contributed by atoms with Gasteiger partial charge in [0.25, 0.3) is 0 Å². The van der Waals surface area contributed by atoms with Crippen molar-refractivity contribution in [3.63, 3.8) is 0 Å². The second-order valence-electron chi connectivity index (χ2n) is 8.26. The van der Waals surface area contributed by atoms with E-state index in [0.717, 1.165) is 17.5 Å². The lowest BCUT2D eigenvalue weighted by atomic mass is 10.00. The summed E-state index contributed by atoms with van der Waals surface area (Å²) in [6, 6.07) is 11.4. The van der Waals surface area contributed by atoms with Crippen molar-refractivity contribution < 1.29 is 18.0 Å². The van der Waals surface area contributed by atoms with Gasteiger partial charge in [0.1, 0.15) is 0 Å². The summed E-state index contributed by atoms with van der Waals surface area (Å²) in [6.45, 7) is 4.54. The van der Waals surface area contributed by atoms with Crippen LogP contribution in [0, 0.1) is 0 Å². The normalized spacial score (nSPS) is 18.0. The molecule has 0 fully saturated rings. The van der Waals surface area contributed by atoms with Crippen LogP contribution in [-0.4, -0.2) is 43.5 Å². The van der Waals surface area contributed by atoms with E-state index >= 15 is 0 Å². The number of nitrogens with zero attached hydrogens (tertiary/aromatic N) is 2. The van der Waals surface area contributed by atoms with E-state index in [1.54, 1.807) is 21.9 Å². The second-order valence-corrected chi connectivity index (χ2v) is 11.2. The number of amides is 2. The SMILES string of the molecule is CC(=O)N1c2cc(S(=O)(=O)CCC(=O)N3CCc4ccccc4C3)c(Br)cc2C[C@H]1C. The van der Waals surface area contributed by atoms with Crippen molar-refractivity contribution in [2.75, 3.05) is 17.2 Å². The largest absolute Gasteiger partial charge is 0.338 e. The molecule has 0 unspecified atom stereocenters. The van der Waals surface area contributed by atoms with E-state index in [0.29, 0.717) is 29.7 Å². The van der Waals surface area contributed by atoms with Crippen LogP contribution in [0.4, 0.5) is 5.69 Å². The van der Waals surface area contributed by atoms with Crippen LogP contribution < -0.4 is 4.90 Å². The topological polar surface area (TPSA) is 74.8 Å². The maximum atomic E-state index is 13.1. The average molecular weight is 505 g/mol. The number of carbonyl (C=O) groups excluding carboxylic acids is 2. The molecule has 2 aromatic carbocycles. The number of carbonyl (C=O) groups is 2. The Morgan fingerprint density at radius 2 is 1.84 bits per heavy atom. The molecule has 0 N–H and O–H groups in total. The van der Waals surface area contributed by atoms with Gasteiger partial charge in [0.2, 0.25) is 11.8 Å². The van der Waals surface area contributed by atoms with Crippen LogP contribution in [0.2, 0.25) is 0 Å². The van der Waals surface area contributed by atoms with Gasteiger partial charge < -0.3 is 9.80 Å². The summed E-state index contributed by atoms with van der Waals surface area (Å²) in [5.74, 6) is -0.538. The molecule has 4 rings (SSSR count). The highest BCUT2D eigenvalue weighted by Gasteiger charge is 2.32. The zero-order valence-electron chi connectivity index (χ0n) is 17.6. The van der Waals surface area contributed by atoms with Gasteiger partial charge in [-0.05, 0) is 64.5 Å². The van der Waals surface area contributed by atoms with Crippen molar-refractivity contribution in [1.29, 1.82) is 0 Å². The number of hydrogen-bond acceptors (Lipinski definition) is 4. The molecule has 0 radical (unpaired) electrons. The minimum atomic E-state index is -3.71. The molecular weight excluding hydrogens is 480 g/mol. The Morgan fingerprint density at radius 1 is 1.13 bits per heavy atom. The van der Waals surface area contributed by atoms with Crippen molar-refractivity contribution in [3.05, 3.63) is 57.6 Å². The van der Waals surface area contributed by atoms with Gasteiger partial charge in [-0.1, -0.05) is 24.3 Å². The summed E-state index contributed by atoms with van der Waals surface area (Å²) >= 11 is 3.39. The summed E-state index contributed by atoms with van der Waals surface area (Å²) < 4.78 is 26.7. The smallest absolute Gasteiger partial charge is 0.224 e. The molecule has 0 aliphatic carbocycles. The molecule has 8 heteroatoms. The molecule has 1 atom stereocenters. The fraction of sp³-hybridized carbons (Fsp3) is 0.391. The Hall–Kier alpha value is -2.19. The summed E-state index contributed by atoms with van der Waals surface area (Å²) in [6.07, 6.45) is 1.40. The fourth-order valence-electron chi connectivity index (χ4n) is 4.54. The number of halogens is 1. The first-order valence-corrected chi connectivity index (χ1v) is 12.8. The molecule has 0 saturated carbocycles. The Bertz CT molecular complexity index is 1160. The molecule has 0 spiro atoms. The quantitative estimate of drug-likeness (QED) is 0.638. The van der Waals surface area contributed by atoms with E-state index < -0.39 is 9.84 Å². The van der Waals surface area contributed by atoms with Crippen LogP contribution in [0.3, 0.4) is 0 Å². The molecule has 2 aliphatic heterocycles. The Morgan fingerprint density at radius 3 is 2.55 bits per heavy atom. The molecule has 2 aromatic rings. The van der Waals surface area contributed by atoms with Crippen molar-refractivity contribution >= 4 is 43.3 Å². The van der Waals surface area contributed by atoms with Gasteiger partial charge in [-0.25, -0.2) is 8.42 Å². The maximum absolute atomic E-state index is 13.1. The molecule has 0 bridgehead atoms. The van der Waals surface area contributed by atoms with E-state index in [-0.39, 0.29) is 34.9 Å². The summed E-state index contributed by atoms with van der Waals surface area (Å²) in [4.78, 5) is 28.3. The monoisotopic (exact) mass is 504 g/mol. The molecular formula is C23H25BrN2O4S. The third-order valence-electron chi connectivity index (χ3n) is 6.09. The van der Waals surface area contributed by atoms with Gasteiger partial charge in [0, 0.05) is 42.6 Å². The summed E-state index contributed by atoms with van der Waals surface area (Å²) in [7, 11) is -3.71. The highest BCUT2D eigenvalue weighted by atomic mass is 79.9. The van der Waals surface area contributed by atoms with Crippen LogP contribution in [0.15, 0.2) is 45.8 Å². The van der Waals surface area contributed by atoms with E-state index in [2.05, 4.69) is 22.0 Å². The van der Waals surface area contributed by atoms with Gasteiger partial charge in [-0.2, -0.15) is 0 Å². The fourth-order valence-corrected chi connectivity index (χ4v) is 6.98. The van der Waals surface area contributed by atoms with Crippen LogP contribution in [-0.2, 0) is 38.8 Å². The minimum absolute atomic E-state index is 0.0130. The molecule has 6 nitrogen and oxygen atoms in total. The second kappa shape index (κ2) is 8.39. The third-order valence-corrected chi connectivity index (χ3v) is 8.76. The van der Waals surface area contributed by atoms with E-state index in [9.17, 15) is 18.0 Å². The van der Waals surface area contributed by atoms with Gasteiger partial charge in [-0.3, -0.25) is 9.59 Å². The molecule has 2 amide bonds. The van der Waals surface area contributed by atoms with Crippen LogP contribution in [0.5, 0.6) is 0 Å². The van der Waals surface area contributed by atoms with Crippen LogP contribution in [0.1, 0.15) is 37.0 Å². The molecule has 2 heterocycles. The van der Waals surface area contributed by atoms with Gasteiger partial charge in [0.05, 0.1) is 10.6 Å². The molecule has 0 saturated heterocycles. The van der Waals surface area contributed by atoms with Crippen molar-refractivity contribution in [2.45, 2.75) is 50.6 Å². The van der Waals surface area contributed by atoms with Gasteiger partial charge in [0.15, 0.2) is 9.84 Å². The molecule has 2 aliphatic rings. The first-order valence-electron chi connectivity index (χ1n) is 10.4. The maximum Gasteiger partial charge on any atom is 0.224 e. The number of rotatable bonds is 4. The Labute approximate surface area is 191 Å². The number of hydrogen-bond donors (Lipinski definition) is 0. The first-order chi connectivity index (χ1) is 14.7. The van der Waals surface area contributed by atoms with Crippen molar-refractivity contribution in [2.24, 2.45) is 0 Å². The average Bonchev–Trinajstić information content (AvgIpc) is 3.05. The van der Waals surface area contributed by atoms with Crippen LogP contribution in [0.25, 0.3) is 0 Å². The number of anilines is 1.